The van der Waals surface area contributed by atoms with Crippen molar-refractivity contribution < 1.29 is 4.74 Å². The van der Waals surface area contributed by atoms with E-state index in [1.54, 1.807) is 0 Å². The first-order valence-corrected chi connectivity index (χ1v) is 16.2. The van der Waals surface area contributed by atoms with Crippen LogP contribution in [0.5, 0.6) is 0 Å². The Balaban J connectivity index is 1.05. The zero-order valence-corrected chi connectivity index (χ0v) is 25.5. The molecule has 47 heavy (non-hydrogen) atoms. The van der Waals surface area contributed by atoms with Crippen LogP contribution in [0.1, 0.15) is 17.2 Å². The number of fused-ring (bicyclic) bond motifs is 8. The van der Waals surface area contributed by atoms with Gasteiger partial charge in [0.15, 0.2) is 0 Å². The second-order valence-electron chi connectivity index (χ2n) is 12.6. The second kappa shape index (κ2) is 10.3. The van der Waals surface area contributed by atoms with Crippen LogP contribution in [0.3, 0.4) is 0 Å². The van der Waals surface area contributed by atoms with Gasteiger partial charge >= 0.3 is 0 Å². The summed E-state index contributed by atoms with van der Waals surface area (Å²) in [6, 6.07) is 45.0. The van der Waals surface area contributed by atoms with E-state index in [1.807, 2.05) is 18.2 Å². The Kier molecular flexibility index (Phi) is 5.73. The lowest BCUT2D eigenvalue weighted by Crippen LogP contribution is -2.24. The predicted octanol–water partition coefficient (Wildman–Crippen LogP) is 10.3. The van der Waals surface area contributed by atoms with Crippen molar-refractivity contribution in [3.8, 4) is 22.5 Å². The Morgan fingerprint density at radius 1 is 0.553 bits per heavy atom. The van der Waals surface area contributed by atoms with Crippen molar-refractivity contribution in [3.05, 3.63) is 168 Å². The zero-order chi connectivity index (χ0) is 30.9. The Labute approximate surface area is 272 Å². The molecule has 0 saturated heterocycles. The number of hydrogen-bond acceptors (Lipinski definition) is 4. The standard InChI is InChI=1S/C43H29N3O/c1-2-8-26(9-3-1)35-22-20-29-18-19-30-21-23-36(45-42(30)41(29)44-35)27-14-16-28(17-15-27)40-39-33-12-6-7-13-38(33)47-43(39)34-24-31-10-4-5-11-32(31)25-37(34)46-40/h1-25,33,38,40,46H. The molecule has 4 heteroatoms. The third-order valence-electron chi connectivity index (χ3n) is 9.83. The van der Waals surface area contributed by atoms with Gasteiger partial charge in [0.2, 0.25) is 0 Å². The number of nitrogens with zero attached hydrogens (tertiary/aromatic N) is 2. The Morgan fingerprint density at radius 2 is 1.17 bits per heavy atom. The van der Waals surface area contributed by atoms with Crippen LogP contribution in [0.4, 0.5) is 5.69 Å². The number of pyridine rings is 2. The fourth-order valence-corrected chi connectivity index (χ4v) is 7.47. The number of aromatic nitrogens is 2. The summed E-state index contributed by atoms with van der Waals surface area (Å²) < 4.78 is 6.69. The van der Waals surface area contributed by atoms with E-state index in [0.717, 1.165) is 61.3 Å². The fourth-order valence-electron chi connectivity index (χ4n) is 7.47. The average molecular weight is 604 g/mol. The number of allylic oxidation sites excluding steroid dienone is 2. The topological polar surface area (TPSA) is 47.0 Å². The molecular formula is C43H29N3O. The van der Waals surface area contributed by atoms with Gasteiger partial charge in [0.05, 0.1) is 28.5 Å². The molecule has 0 amide bonds. The van der Waals surface area contributed by atoms with Crippen LogP contribution in [0.15, 0.2) is 157 Å². The van der Waals surface area contributed by atoms with Crippen LogP contribution in [-0.4, -0.2) is 16.1 Å². The van der Waals surface area contributed by atoms with E-state index >= 15 is 0 Å². The summed E-state index contributed by atoms with van der Waals surface area (Å²) in [4.78, 5) is 10.3. The van der Waals surface area contributed by atoms with Gasteiger partial charge in [-0.3, -0.25) is 0 Å². The highest BCUT2D eigenvalue weighted by Crippen LogP contribution is 2.52. The Bertz CT molecular complexity index is 2480. The molecule has 0 spiro atoms. The molecule has 3 aliphatic rings. The maximum Gasteiger partial charge on any atom is 0.131 e. The summed E-state index contributed by atoms with van der Waals surface area (Å²) in [7, 11) is 0. The van der Waals surface area contributed by atoms with E-state index < -0.39 is 0 Å². The molecule has 10 rings (SSSR count). The molecule has 1 aliphatic carbocycles. The van der Waals surface area contributed by atoms with Crippen molar-refractivity contribution in [1.82, 2.24) is 9.97 Å². The third kappa shape index (κ3) is 4.22. The monoisotopic (exact) mass is 603 g/mol. The lowest BCUT2D eigenvalue weighted by molar-refractivity contribution is 0.212. The van der Waals surface area contributed by atoms with Gasteiger partial charge in [-0.2, -0.15) is 0 Å². The molecule has 222 valence electrons. The minimum absolute atomic E-state index is 0.00650. The first-order chi connectivity index (χ1) is 23.3. The van der Waals surface area contributed by atoms with Crippen molar-refractivity contribution in [1.29, 1.82) is 0 Å². The van der Waals surface area contributed by atoms with Gasteiger partial charge < -0.3 is 10.1 Å². The lowest BCUT2D eigenvalue weighted by atomic mass is 9.81. The molecule has 0 radical (unpaired) electrons. The molecule has 0 saturated carbocycles. The van der Waals surface area contributed by atoms with Gasteiger partial charge in [0.25, 0.3) is 0 Å². The molecule has 4 nitrogen and oxygen atoms in total. The van der Waals surface area contributed by atoms with Gasteiger partial charge in [-0.1, -0.05) is 121 Å². The summed E-state index contributed by atoms with van der Waals surface area (Å²) in [5.74, 6) is 1.20. The maximum absolute atomic E-state index is 6.69. The Morgan fingerprint density at radius 3 is 1.89 bits per heavy atom. The van der Waals surface area contributed by atoms with Crippen molar-refractivity contribution in [3.63, 3.8) is 0 Å². The maximum atomic E-state index is 6.69. The van der Waals surface area contributed by atoms with Crippen LogP contribution in [0.25, 0.3) is 60.9 Å². The van der Waals surface area contributed by atoms with Crippen LogP contribution in [-0.2, 0) is 4.74 Å². The molecule has 1 N–H and O–H groups in total. The minimum Gasteiger partial charge on any atom is -0.485 e. The van der Waals surface area contributed by atoms with Crippen LogP contribution in [0, 0.1) is 5.92 Å². The summed E-state index contributed by atoms with van der Waals surface area (Å²) in [6.07, 6.45) is 8.71. The highest BCUT2D eigenvalue weighted by Gasteiger charge is 2.42. The van der Waals surface area contributed by atoms with Crippen molar-refractivity contribution in [2.24, 2.45) is 5.92 Å². The van der Waals surface area contributed by atoms with Gasteiger partial charge in [0, 0.05) is 44.6 Å². The molecule has 0 bridgehead atoms. The van der Waals surface area contributed by atoms with Gasteiger partial charge in [0.1, 0.15) is 11.9 Å². The van der Waals surface area contributed by atoms with E-state index in [-0.39, 0.29) is 18.1 Å². The minimum atomic E-state index is -0.00650. The van der Waals surface area contributed by atoms with E-state index in [9.17, 15) is 0 Å². The molecule has 0 fully saturated rings. The largest absolute Gasteiger partial charge is 0.485 e. The predicted molar refractivity (Wildman–Crippen MR) is 192 cm³/mol. The third-order valence-corrected chi connectivity index (χ3v) is 9.83. The van der Waals surface area contributed by atoms with Crippen molar-refractivity contribution >= 4 is 44.0 Å². The van der Waals surface area contributed by atoms with Crippen molar-refractivity contribution in [2.45, 2.75) is 12.1 Å². The summed E-state index contributed by atoms with van der Waals surface area (Å²) in [5.41, 5.74) is 10.6. The van der Waals surface area contributed by atoms with Gasteiger partial charge in [-0.05, 0) is 46.7 Å². The van der Waals surface area contributed by atoms with E-state index in [2.05, 4.69) is 139 Å². The SMILES string of the molecule is C1=CC2OC3=C(C(c4ccc(-c5ccc6ccc7ccc(-c8ccccc8)nc7c6n5)cc4)Nc4cc5ccccc5cc43)C2C=C1. The smallest absolute Gasteiger partial charge is 0.131 e. The first kappa shape index (κ1) is 26.2. The second-order valence-corrected chi connectivity index (χ2v) is 12.6. The van der Waals surface area contributed by atoms with Crippen LogP contribution < -0.4 is 5.32 Å². The molecular weight excluding hydrogens is 574 g/mol. The highest BCUT2D eigenvalue weighted by atomic mass is 16.5. The van der Waals surface area contributed by atoms with Crippen LogP contribution >= 0.6 is 0 Å². The normalized spacial score (nSPS) is 19.4. The molecule has 7 aromatic rings. The zero-order valence-electron chi connectivity index (χ0n) is 25.5. The van der Waals surface area contributed by atoms with Gasteiger partial charge in [-0.15, -0.1) is 0 Å². The number of rotatable bonds is 3. The summed E-state index contributed by atoms with van der Waals surface area (Å²) >= 11 is 0. The number of ether oxygens (including phenoxy) is 1. The first-order valence-electron chi connectivity index (χ1n) is 16.2. The fraction of sp³-hybridized carbons (Fsp3) is 0.0698. The quantitative estimate of drug-likeness (QED) is 0.204. The molecule has 2 aromatic heterocycles. The molecule has 2 aliphatic heterocycles. The van der Waals surface area contributed by atoms with Crippen molar-refractivity contribution in [2.75, 3.05) is 5.32 Å². The number of anilines is 1. The molecule has 3 unspecified atom stereocenters. The number of benzene rings is 5. The van der Waals surface area contributed by atoms with E-state index in [1.165, 1.54) is 21.9 Å². The van der Waals surface area contributed by atoms with E-state index in [0.29, 0.717) is 0 Å². The molecule has 4 heterocycles. The lowest BCUT2D eigenvalue weighted by Gasteiger charge is -2.30. The number of nitrogens with one attached hydrogen (secondary N) is 1. The average Bonchev–Trinajstić information content (AvgIpc) is 3.54. The Hall–Kier alpha value is -6.00. The van der Waals surface area contributed by atoms with Crippen LogP contribution in [0.2, 0.25) is 0 Å². The molecule has 5 aromatic carbocycles. The summed E-state index contributed by atoms with van der Waals surface area (Å²) in [6.45, 7) is 0. The van der Waals surface area contributed by atoms with Gasteiger partial charge in [-0.25, -0.2) is 9.97 Å². The molecule has 3 atom stereocenters. The number of hydrogen-bond donors (Lipinski definition) is 1. The highest BCUT2D eigenvalue weighted by molar-refractivity contribution is 6.04. The summed E-state index contributed by atoms with van der Waals surface area (Å²) in [5, 5.41) is 8.51. The van der Waals surface area contributed by atoms with E-state index in [4.69, 9.17) is 14.7 Å².